The number of fused-ring (bicyclic) bond motifs is 3. The monoisotopic (exact) mass is 375 g/mol. The number of benzene rings is 2. The van der Waals surface area contributed by atoms with Gasteiger partial charge in [-0.3, -0.25) is 24.2 Å². The molecule has 1 saturated heterocycles. The highest BCUT2D eigenvalue weighted by Gasteiger charge is 2.55. The zero-order valence-corrected chi connectivity index (χ0v) is 15.0. The molecule has 7 nitrogen and oxygen atoms in total. The Balaban J connectivity index is 1.37. The van der Waals surface area contributed by atoms with E-state index in [-0.39, 0.29) is 19.0 Å². The topological polar surface area (TPSA) is 86.8 Å². The highest BCUT2D eigenvalue weighted by Crippen LogP contribution is 2.41. The molecule has 140 valence electrons. The van der Waals surface area contributed by atoms with Crippen molar-refractivity contribution in [3.63, 3.8) is 0 Å². The average molecular weight is 375 g/mol. The first-order valence-electron chi connectivity index (χ1n) is 9.21. The summed E-state index contributed by atoms with van der Waals surface area (Å²) < 4.78 is 0. The van der Waals surface area contributed by atoms with Gasteiger partial charge in [-0.25, -0.2) is 4.79 Å². The van der Waals surface area contributed by atoms with E-state index in [4.69, 9.17) is 0 Å². The Morgan fingerprint density at radius 3 is 2.14 bits per heavy atom. The predicted molar refractivity (Wildman–Crippen MR) is 98.5 cm³/mol. The van der Waals surface area contributed by atoms with Gasteiger partial charge in [0.2, 0.25) is 0 Å². The van der Waals surface area contributed by atoms with E-state index in [0.717, 1.165) is 20.9 Å². The van der Waals surface area contributed by atoms with E-state index in [1.54, 1.807) is 24.3 Å². The fraction of sp³-hybridized carbons (Fsp3) is 0.238. The Labute approximate surface area is 160 Å². The van der Waals surface area contributed by atoms with Crippen LogP contribution in [0.25, 0.3) is 0 Å². The molecule has 2 aromatic carbocycles. The van der Waals surface area contributed by atoms with Crippen LogP contribution in [0, 0.1) is 0 Å². The Morgan fingerprint density at radius 1 is 0.821 bits per heavy atom. The SMILES string of the molecule is O=C1NC2(CCc3ccccc32)C(=O)N1CCN1C(=O)c2ccccc2C1=O. The lowest BCUT2D eigenvalue weighted by atomic mass is 9.92. The number of nitrogens with zero attached hydrogens (tertiary/aromatic N) is 2. The Kier molecular flexibility index (Phi) is 3.43. The highest BCUT2D eigenvalue weighted by molar-refractivity contribution is 6.21. The van der Waals surface area contributed by atoms with Crippen molar-refractivity contribution in [2.45, 2.75) is 18.4 Å². The number of urea groups is 1. The van der Waals surface area contributed by atoms with Gasteiger partial charge in [-0.2, -0.15) is 0 Å². The first-order chi connectivity index (χ1) is 13.5. The van der Waals surface area contributed by atoms with Gasteiger partial charge in [0.1, 0.15) is 5.54 Å². The van der Waals surface area contributed by atoms with Gasteiger partial charge in [-0.1, -0.05) is 36.4 Å². The summed E-state index contributed by atoms with van der Waals surface area (Å²) in [4.78, 5) is 52.9. The summed E-state index contributed by atoms with van der Waals surface area (Å²) in [7, 11) is 0. The summed E-state index contributed by atoms with van der Waals surface area (Å²) in [6, 6.07) is 13.7. The van der Waals surface area contributed by atoms with Gasteiger partial charge in [-0.05, 0) is 36.1 Å². The molecule has 1 atom stereocenters. The Hall–Kier alpha value is -3.48. The van der Waals surface area contributed by atoms with Crippen LogP contribution in [-0.2, 0) is 16.8 Å². The second-order valence-corrected chi connectivity index (χ2v) is 7.26. The number of carbonyl (C=O) groups is 4. The number of nitrogens with one attached hydrogen (secondary N) is 1. The molecule has 2 aliphatic heterocycles. The van der Waals surface area contributed by atoms with Gasteiger partial charge in [0.05, 0.1) is 11.1 Å². The highest BCUT2D eigenvalue weighted by atomic mass is 16.2. The van der Waals surface area contributed by atoms with Gasteiger partial charge in [0.15, 0.2) is 0 Å². The average Bonchev–Trinajstić information content (AvgIpc) is 3.28. The van der Waals surface area contributed by atoms with Crippen LogP contribution in [0.15, 0.2) is 48.5 Å². The van der Waals surface area contributed by atoms with Crippen LogP contribution in [0.5, 0.6) is 0 Å². The molecule has 3 aliphatic rings. The fourth-order valence-electron chi connectivity index (χ4n) is 4.43. The third-order valence-electron chi connectivity index (χ3n) is 5.85. The normalized spacial score (nSPS) is 22.9. The molecule has 1 N–H and O–H groups in total. The maximum atomic E-state index is 13.1. The van der Waals surface area contributed by atoms with E-state index in [9.17, 15) is 19.2 Å². The van der Waals surface area contributed by atoms with Crippen LogP contribution in [-0.4, -0.2) is 46.6 Å². The molecule has 28 heavy (non-hydrogen) atoms. The predicted octanol–water partition coefficient (Wildman–Crippen LogP) is 1.68. The minimum Gasteiger partial charge on any atom is -0.319 e. The van der Waals surface area contributed by atoms with Crippen molar-refractivity contribution < 1.29 is 19.2 Å². The lowest BCUT2D eigenvalue weighted by Gasteiger charge is -2.23. The summed E-state index contributed by atoms with van der Waals surface area (Å²) in [5.74, 6) is -1.11. The summed E-state index contributed by atoms with van der Waals surface area (Å²) in [5.41, 5.74) is 1.56. The molecule has 5 amide bonds. The Bertz CT molecular complexity index is 1030. The van der Waals surface area contributed by atoms with E-state index >= 15 is 0 Å². The molecule has 1 aliphatic carbocycles. The molecular formula is C21H17N3O4. The van der Waals surface area contributed by atoms with E-state index in [0.29, 0.717) is 24.0 Å². The van der Waals surface area contributed by atoms with Gasteiger partial charge in [0, 0.05) is 13.1 Å². The quantitative estimate of drug-likeness (QED) is 0.653. The van der Waals surface area contributed by atoms with Crippen molar-refractivity contribution in [3.05, 3.63) is 70.8 Å². The third-order valence-corrected chi connectivity index (χ3v) is 5.85. The minimum atomic E-state index is -1.03. The summed E-state index contributed by atoms with van der Waals surface area (Å²) >= 11 is 0. The van der Waals surface area contributed by atoms with E-state index < -0.39 is 23.4 Å². The fourth-order valence-corrected chi connectivity index (χ4v) is 4.43. The number of amides is 5. The molecule has 5 rings (SSSR count). The van der Waals surface area contributed by atoms with E-state index in [1.807, 2.05) is 24.3 Å². The molecule has 1 unspecified atom stereocenters. The summed E-state index contributed by atoms with van der Waals surface area (Å²) in [6.45, 7) is -0.0523. The molecular weight excluding hydrogens is 358 g/mol. The zero-order valence-electron chi connectivity index (χ0n) is 15.0. The van der Waals surface area contributed by atoms with Gasteiger partial charge in [0.25, 0.3) is 17.7 Å². The van der Waals surface area contributed by atoms with Crippen LogP contribution in [0.1, 0.15) is 38.3 Å². The standard InChI is InChI=1S/C21H17N3O4/c25-17-14-6-2-3-7-15(14)18(26)23(17)11-12-24-19(27)21(22-20(24)28)10-9-13-5-1-4-8-16(13)21/h1-8H,9-12H2,(H,22,28). The molecule has 0 radical (unpaired) electrons. The zero-order chi connectivity index (χ0) is 19.5. The number of carbonyl (C=O) groups excluding carboxylic acids is 4. The van der Waals surface area contributed by atoms with Crippen LogP contribution in [0.3, 0.4) is 0 Å². The van der Waals surface area contributed by atoms with Gasteiger partial charge in [-0.15, -0.1) is 0 Å². The van der Waals surface area contributed by atoms with E-state index in [2.05, 4.69) is 5.32 Å². The lowest BCUT2D eigenvalue weighted by Crippen LogP contribution is -2.43. The number of aryl methyl sites for hydroxylation is 1. The van der Waals surface area contributed by atoms with Crippen molar-refractivity contribution in [3.8, 4) is 0 Å². The number of hydrogen-bond acceptors (Lipinski definition) is 4. The number of rotatable bonds is 3. The van der Waals surface area contributed by atoms with Gasteiger partial charge >= 0.3 is 6.03 Å². The maximum absolute atomic E-state index is 13.1. The third kappa shape index (κ3) is 2.10. The van der Waals surface area contributed by atoms with Crippen molar-refractivity contribution in [2.75, 3.05) is 13.1 Å². The van der Waals surface area contributed by atoms with Crippen LogP contribution < -0.4 is 5.32 Å². The van der Waals surface area contributed by atoms with Crippen LogP contribution in [0.2, 0.25) is 0 Å². The molecule has 2 heterocycles. The molecule has 1 fully saturated rings. The second kappa shape index (κ2) is 5.76. The summed E-state index contributed by atoms with van der Waals surface area (Å²) in [6.07, 6.45) is 1.23. The molecule has 7 heteroatoms. The van der Waals surface area contributed by atoms with Crippen molar-refractivity contribution >= 4 is 23.8 Å². The first kappa shape index (κ1) is 16.7. The molecule has 0 saturated carbocycles. The van der Waals surface area contributed by atoms with E-state index in [1.165, 1.54) is 0 Å². The molecule has 0 bridgehead atoms. The van der Waals surface area contributed by atoms with Crippen molar-refractivity contribution in [2.24, 2.45) is 0 Å². The van der Waals surface area contributed by atoms with Gasteiger partial charge < -0.3 is 5.32 Å². The maximum Gasteiger partial charge on any atom is 0.325 e. The molecule has 0 aromatic heterocycles. The van der Waals surface area contributed by atoms with Crippen LogP contribution in [0.4, 0.5) is 4.79 Å². The number of hydrogen-bond donors (Lipinski definition) is 1. The molecule has 2 aromatic rings. The molecule has 1 spiro atoms. The van der Waals surface area contributed by atoms with Crippen molar-refractivity contribution in [1.82, 2.24) is 15.1 Å². The van der Waals surface area contributed by atoms with Crippen molar-refractivity contribution in [1.29, 1.82) is 0 Å². The minimum absolute atomic E-state index is 0.0246. The first-order valence-corrected chi connectivity index (χ1v) is 9.21. The van der Waals surface area contributed by atoms with Crippen LogP contribution >= 0.6 is 0 Å². The largest absolute Gasteiger partial charge is 0.325 e. The smallest absolute Gasteiger partial charge is 0.319 e. The number of imide groups is 2. The Morgan fingerprint density at radius 2 is 1.43 bits per heavy atom. The lowest BCUT2D eigenvalue weighted by molar-refractivity contribution is -0.131. The second-order valence-electron chi connectivity index (χ2n) is 7.26. The summed E-state index contributed by atoms with van der Waals surface area (Å²) in [5, 5.41) is 2.85.